The van der Waals surface area contributed by atoms with Gasteiger partial charge in [-0.05, 0) is 29.3 Å². The summed E-state index contributed by atoms with van der Waals surface area (Å²) in [6.07, 6.45) is 0. The number of amides is 1. The molecule has 5 nitrogen and oxygen atoms in total. The van der Waals surface area contributed by atoms with Gasteiger partial charge in [-0.3, -0.25) is 9.69 Å². The van der Waals surface area contributed by atoms with Gasteiger partial charge in [0, 0.05) is 18.0 Å². The fraction of sp³-hybridized carbons (Fsp3) is 0.105. The minimum absolute atomic E-state index is 0.0224. The third kappa shape index (κ3) is 3.55. The molecule has 0 fully saturated rings. The van der Waals surface area contributed by atoms with E-state index in [9.17, 15) is 24.2 Å². The Morgan fingerprint density at radius 1 is 1.03 bits per heavy atom. The molecule has 2 N–H and O–H groups in total. The SMILES string of the molecule is CN1C(=O)C(c2ccc(S(F)(F)(F)(F)F)cc2)(c2cccc(-c3cscn3)c2)N=C1N. The second kappa shape index (κ2) is 6.04. The number of likely N-dealkylation sites (N-methyl/N-ethyl adjacent to an activating group) is 1. The Morgan fingerprint density at radius 3 is 2.23 bits per heavy atom. The second-order valence-electron chi connectivity index (χ2n) is 6.99. The summed E-state index contributed by atoms with van der Waals surface area (Å²) >= 11 is 1.36. The first-order chi connectivity index (χ1) is 14.2. The van der Waals surface area contributed by atoms with E-state index in [-0.39, 0.29) is 23.7 Å². The van der Waals surface area contributed by atoms with E-state index >= 15 is 0 Å². The van der Waals surface area contributed by atoms with Crippen molar-refractivity contribution in [3.05, 3.63) is 70.5 Å². The summed E-state index contributed by atoms with van der Waals surface area (Å²) in [5, 5.41) is 1.79. The summed E-state index contributed by atoms with van der Waals surface area (Å²) in [5.74, 6) is -0.777. The number of thiazole rings is 1. The van der Waals surface area contributed by atoms with E-state index in [1.807, 2.05) is 0 Å². The average Bonchev–Trinajstić information content (AvgIpc) is 3.31. The molecule has 0 bridgehead atoms. The van der Waals surface area contributed by atoms with Crippen LogP contribution in [0.25, 0.3) is 11.3 Å². The van der Waals surface area contributed by atoms with Gasteiger partial charge in [-0.15, -0.1) is 11.3 Å². The van der Waals surface area contributed by atoms with Crippen LogP contribution in [0.2, 0.25) is 0 Å². The number of rotatable bonds is 4. The minimum Gasteiger partial charge on any atom is -0.369 e. The third-order valence-electron chi connectivity index (χ3n) is 4.97. The number of benzene rings is 2. The Hall–Kier alpha value is -2.99. The van der Waals surface area contributed by atoms with Gasteiger partial charge in [0.15, 0.2) is 11.5 Å². The Morgan fingerprint density at radius 2 is 1.71 bits per heavy atom. The molecule has 0 aliphatic carbocycles. The molecular weight excluding hydrogens is 459 g/mol. The minimum atomic E-state index is -9.87. The highest BCUT2D eigenvalue weighted by molar-refractivity contribution is 8.45. The Kier molecular flexibility index (Phi) is 4.14. The van der Waals surface area contributed by atoms with Crippen molar-refractivity contribution in [2.24, 2.45) is 10.7 Å². The summed E-state index contributed by atoms with van der Waals surface area (Å²) in [7, 11) is -8.50. The molecule has 0 saturated heterocycles. The van der Waals surface area contributed by atoms with Crippen LogP contribution in [0, 0.1) is 0 Å². The largest absolute Gasteiger partial charge is 0.369 e. The molecule has 12 heteroatoms. The number of carbonyl (C=O) groups is 1. The number of nitrogens with two attached hydrogens (primary N) is 1. The number of hydrogen-bond acceptors (Lipinski definition) is 5. The predicted molar refractivity (Wildman–Crippen MR) is 111 cm³/mol. The molecule has 1 atom stereocenters. The number of halogens is 5. The lowest BCUT2D eigenvalue weighted by Gasteiger charge is -2.40. The molecule has 31 heavy (non-hydrogen) atoms. The summed E-state index contributed by atoms with van der Waals surface area (Å²) in [6, 6.07) is 8.78. The van der Waals surface area contributed by atoms with E-state index in [2.05, 4.69) is 9.98 Å². The summed E-state index contributed by atoms with van der Waals surface area (Å²) < 4.78 is 65.8. The molecule has 0 saturated carbocycles. The van der Waals surface area contributed by atoms with Crippen LogP contribution in [0.3, 0.4) is 0 Å². The normalized spacial score (nSPS) is 21.5. The van der Waals surface area contributed by atoms with Crippen LogP contribution in [-0.4, -0.2) is 28.8 Å². The Labute approximate surface area is 177 Å². The summed E-state index contributed by atoms with van der Waals surface area (Å²) in [5.41, 5.74) is 7.23. The number of aromatic nitrogens is 1. The maximum atomic E-state index is 13.2. The molecule has 164 valence electrons. The Bertz CT molecular complexity index is 1210. The molecular formula is C19H15F5N4OS2. The topological polar surface area (TPSA) is 71.6 Å². The highest BCUT2D eigenvalue weighted by Gasteiger charge is 2.65. The quantitative estimate of drug-likeness (QED) is 0.508. The molecule has 1 aliphatic rings. The zero-order valence-electron chi connectivity index (χ0n) is 15.8. The van der Waals surface area contributed by atoms with Gasteiger partial charge < -0.3 is 5.73 Å². The second-order valence-corrected chi connectivity index (χ2v) is 10.1. The molecule has 1 aromatic heterocycles. The molecule has 0 radical (unpaired) electrons. The van der Waals surface area contributed by atoms with Gasteiger partial charge in [-0.25, -0.2) is 9.98 Å². The van der Waals surface area contributed by atoms with Gasteiger partial charge in [0.2, 0.25) is 0 Å². The Balaban J connectivity index is 1.92. The van der Waals surface area contributed by atoms with Crippen LogP contribution in [0.1, 0.15) is 11.1 Å². The van der Waals surface area contributed by atoms with Crippen molar-refractivity contribution < 1.29 is 24.2 Å². The van der Waals surface area contributed by atoms with Crippen LogP contribution in [-0.2, 0) is 10.3 Å². The molecule has 2 aromatic carbocycles. The zero-order chi connectivity index (χ0) is 22.7. The van der Waals surface area contributed by atoms with E-state index in [1.54, 1.807) is 35.2 Å². The molecule has 2 heterocycles. The number of guanidine groups is 1. The maximum Gasteiger partial charge on any atom is 0.310 e. The molecule has 4 rings (SSSR count). The highest BCUT2D eigenvalue weighted by atomic mass is 32.5. The van der Waals surface area contributed by atoms with Crippen molar-refractivity contribution in [1.29, 1.82) is 0 Å². The third-order valence-corrected chi connectivity index (χ3v) is 6.72. The monoisotopic (exact) mass is 474 g/mol. The smallest absolute Gasteiger partial charge is 0.310 e. The van der Waals surface area contributed by atoms with E-state index < -0.39 is 26.6 Å². The fourth-order valence-electron chi connectivity index (χ4n) is 3.40. The van der Waals surface area contributed by atoms with Crippen molar-refractivity contribution >= 4 is 33.4 Å². The van der Waals surface area contributed by atoms with Crippen LogP contribution < -0.4 is 5.73 Å². The number of carbonyl (C=O) groups excluding carboxylic acids is 1. The van der Waals surface area contributed by atoms with Crippen LogP contribution in [0.15, 0.2) is 69.3 Å². The summed E-state index contributed by atoms with van der Waals surface area (Å²) in [6.45, 7) is 0. The van der Waals surface area contributed by atoms with Gasteiger partial charge in [0.05, 0.1) is 11.2 Å². The lowest BCUT2D eigenvalue weighted by atomic mass is 9.82. The van der Waals surface area contributed by atoms with E-state index in [1.165, 1.54) is 18.4 Å². The van der Waals surface area contributed by atoms with Gasteiger partial charge in [-0.1, -0.05) is 49.8 Å². The first-order valence-corrected chi connectivity index (χ1v) is 11.6. The maximum absolute atomic E-state index is 13.2. The van der Waals surface area contributed by atoms with Crippen molar-refractivity contribution in [2.45, 2.75) is 10.4 Å². The highest BCUT2D eigenvalue weighted by Crippen LogP contribution is 3.02. The zero-order valence-corrected chi connectivity index (χ0v) is 17.4. The average molecular weight is 474 g/mol. The summed E-state index contributed by atoms with van der Waals surface area (Å²) in [4.78, 5) is 20.7. The number of aliphatic imine (C=N–C) groups is 1. The predicted octanol–water partition coefficient (Wildman–Crippen LogP) is 5.50. The fourth-order valence-corrected chi connectivity index (χ4v) is 4.61. The van der Waals surface area contributed by atoms with Crippen molar-refractivity contribution in [1.82, 2.24) is 9.88 Å². The van der Waals surface area contributed by atoms with Crippen molar-refractivity contribution in [2.75, 3.05) is 7.05 Å². The first kappa shape index (κ1) is 21.2. The molecule has 1 unspecified atom stereocenters. The molecule has 1 aliphatic heterocycles. The standard InChI is InChI=1S/C19H15F5N4OS2/c1-28-17(29)19(27-18(28)25,13-5-7-15(8-6-13)31(20,21,22,23)24)14-4-2-3-12(9-14)16-10-30-11-26-16/h2-11H,1H3,(H2,25,27). The number of nitrogens with zero attached hydrogens (tertiary/aromatic N) is 3. The lowest BCUT2D eigenvalue weighted by Crippen LogP contribution is -2.41. The molecule has 3 aromatic rings. The van der Waals surface area contributed by atoms with Crippen molar-refractivity contribution in [3.8, 4) is 11.3 Å². The van der Waals surface area contributed by atoms with E-state index in [0.29, 0.717) is 16.8 Å². The van der Waals surface area contributed by atoms with Crippen LogP contribution in [0.5, 0.6) is 0 Å². The van der Waals surface area contributed by atoms with Gasteiger partial charge in [-0.2, -0.15) is 0 Å². The van der Waals surface area contributed by atoms with E-state index in [0.717, 1.165) is 17.0 Å². The van der Waals surface area contributed by atoms with Gasteiger partial charge >= 0.3 is 10.2 Å². The lowest BCUT2D eigenvalue weighted by molar-refractivity contribution is -0.129. The van der Waals surface area contributed by atoms with Crippen molar-refractivity contribution in [3.63, 3.8) is 0 Å². The first-order valence-electron chi connectivity index (χ1n) is 8.69. The van der Waals surface area contributed by atoms with Gasteiger partial charge in [0.1, 0.15) is 4.90 Å². The van der Waals surface area contributed by atoms with E-state index in [4.69, 9.17) is 5.73 Å². The van der Waals surface area contributed by atoms with Gasteiger partial charge in [0.25, 0.3) is 5.91 Å². The number of hydrogen-bond donors (Lipinski definition) is 1. The molecule has 1 amide bonds. The van der Waals surface area contributed by atoms with Crippen LogP contribution >= 0.6 is 21.6 Å². The van der Waals surface area contributed by atoms with Crippen LogP contribution in [0.4, 0.5) is 19.4 Å². The molecule has 0 spiro atoms.